The highest BCUT2D eigenvalue weighted by Crippen LogP contribution is 2.50. The normalized spacial score (nSPS) is 20.6. The molecular weight excluding hydrogens is 462 g/mol. The Morgan fingerprint density at radius 2 is 1.86 bits per heavy atom. The molecule has 1 aromatic heterocycles. The average molecular weight is 498 g/mol. The first-order valence-electron chi connectivity index (χ1n) is 13.1. The molecule has 7 nitrogen and oxygen atoms in total. The predicted molar refractivity (Wildman–Crippen MR) is 146 cm³/mol. The first-order valence-corrected chi connectivity index (χ1v) is 13.1. The zero-order valence-electron chi connectivity index (χ0n) is 22.6. The van der Waals surface area contributed by atoms with Crippen LogP contribution in [0, 0.1) is 13.8 Å². The summed E-state index contributed by atoms with van der Waals surface area (Å²) in [6.07, 6.45) is 2.35. The molecule has 3 aliphatic rings. The van der Waals surface area contributed by atoms with E-state index < -0.39 is 5.60 Å². The number of fused-ring (bicyclic) bond motifs is 5. The molecule has 37 heavy (non-hydrogen) atoms. The van der Waals surface area contributed by atoms with Crippen molar-refractivity contribution >= 4 is 11.5 Å². The fraction of sp³-hybridized carbons (Fsp3) is 0.400. The number of nitrogens with zero attached hydrogens (tertiary/aromatic N) is 5. The Hall–Kier alpha value is -3.42. The molecule has 0 bridgehead atoms. The number of aromatic nitrogens is 2. The first kappa shape index (κ1) is 23.9. The molecule has 4 heterocycles. The number of carbonyl (C=O) groups excluding carboxylic acids is 1. The van der Waals surface area contributed by atoms with E-state index in [2.05, 4.69) is 90.6 Å². The van der Waals surface area contributed by atoms with Gasteiger partial charge in [-0.3, -0.25) is 9.48 Å². The molecule has 0 saturated carbocycles. The third kappa shape index (κ3) is 3.80. The fourth-order valence-corrected chi connectivity index (χ4v) is 6.20. The van der Waals surface area contributed by atoms with Crippen molar-refractivity contribution in [3.8, 4) is 16.9 Å². The van der Waals surface area contributed by atoms with Gasteiger partial charge in [-0.1, -0.05) is 18.2 Å². The Labute approximate surface area is 218 Å². The van der Waals surface area contributed by atoms with Gasteiger partial charge < -0.3 is 9.64 Å². The summed E-state index contributed by atoms with van der Waals surface area (Å²) in [5, 5.41) is 9.62. The Morgan fingerprint density at radius 3 is 2.54 bits per heavy atom. The van der Waals surface area contributed by atoms with E-state index in [0.717, 1.165) is 54.7 Å². The lowest BCUT2D eigenvalue weighted by molar-refractivity contribution is -0.0296. The van der Waals surface area contributed by atoms with Gasteiger partial charge in [0.05, 0.1) is 25.1 Å². The minimum absolute atomic E-state index is 0.0934. The number of carbonyl (C=O) groups is 1. The topological polar surface area (TPSA) is 53.8 Å². The second kappa shape index (κ2) is 8.57. The molecule has 2 aromatic carbocycles. The van der Waals surface area contributed by atoms with Gasteiger partial charge in [0.1, 0.15) is 11.4 Å². The van der Waals surface area contributed by atoms with Gasteiger partial charge in [0.2, 0.25) is 0 Å². The number of rotatable bonds is 4. The molecule has 192 valence electrons. The van der Waals surface area contributed by atoms with E-state index in [-0.39, 0.29) is 11.8 Å². The Morgan fingerprint density at radius 1 is 1.11 bits per heavy atom. The van der Waals surface area contributed by atoms with Crippen molar-refractivity contribution in [2.24, 2.45) is 0 Å². The van der Waals surface area contributed by atoms with Crippen molar-refractivity contribution in [1.29, 1.82) is 0 Å². The zero-order chi connectivity index (χ0) is 26.1. The predicted octanol–water partition coefficient (Wildman–Crippen LogP) is 5.50. The minimum atomic E-state index is -0.406. The number of ketones is 1. The van der Waals surface area contributed by atoms with Crippen LogP contribution in [0.3, 0.4) is 0 Å². The van der Waals surface area contributed by atoms with E-state index in [0.29, 0.717) is 0 Å². The zero-order valence-corrected chi connectivity index (χ0v) is 22.6. The maximum Gasteiger partial charge on any atom is 0.159 e. The van der Waals surface area contributed by atoms with Crippen LogP contribution >= 0.6 is 0 Å². The second-order valence-corrected chi connectivity index (χ2v) is 10.8. The maximum atomic E-state index is 11.7. The Balaban J connectivity index is 1.36. The fourth-order valence-electron chi connectivity index (χ4n) is 6.20. The van der Waals surface area contributed by atoms with Gasteiger partial charge in [0, 0.05) is 41.2 Å². The average Bonchev–Trinajstić information content (AvgIpc) is 3.43. The lowest BCUT2D eigenvalue weighted by Crippen LogP contribution is -2.51. The third-order valence-electron chi connectivity index (χ3n) is 8.10. The molecule has 1 atom stereocenters. The van der Waals surface area contributed by atoms with E-state index in [1.165, 1.54) is 22.4 Å². The van der Waals surface area contributed by atoms with Crippen molar-refractivity contribution in [2.75, 3.05) is 24.8 Å². The van der Waals surface area contributed by atoms with Crippen LogP contribution in [0.5, 0.6) is 5.75 Å². The third-order valence-corrected chi connectivity index (χ3v) is 8.10. The summed E-state index contributed by atoms with van der Waals surface area (Å²) < 4.78 is 8.74. The maximum absolute atomic E-state index is 11.7. The summed E-state index contributed by atoms with van der Waals surface area (Å²) in [5.74, 6) is 1.04. The molecule has 3 aliphatic heterocycles. The largest absolute Gasteiger partial charge is 0.483 e. The van der Waals surface area contributed by atoms with Crippen LogP contribution in [0.25, 0.3) is 11.1 Å². The molecule has 6 rings (SSSR count). The highest BCUT2D eigenvalue weighted by Gasteiger charge is 2.47. The standard InChI is InChI=1S/C30H35N5O2/c1-7-34-20(3)28(19(2)31-34)23-10-13-25-27(16-23)37-30(5,6)26-14-15-33-17-32(18-35(33)29(25)26)24-11-8-22(9-12-24)21(4)36/h8-14,16,29H,7,15,17-18H2,1-6H3. The summed E-state index contributed by atoms with van der Waals surface area (Å²) in [7, 11) is 0. The van der Waals surface area contributed by atoms with Gasteiger partial charge in [0.15, 0.2) is 5.78 Å². The van der Waals surface area contributed by atoms with Crippen molar-refractivity contribution in [1.82, 2.24) is 19.8 Å². The van der Waals surface area contributed by atoms with Crippen LogP contribution in [0.2, 0.25) is 0 Å². The summed E-state index contributed by atoms with van der Waals surface area (Å²) in [6.45, 7) is 15.6. The van der Waals surface area contributed by atoms with Crippen molar-refractivity contribution in [3.63, 3.8) is 0 Å². The number of aryl methyl sites for hydroxylation is 2. The van der Waals surface area contributed by atoms with Crippen LogP contribution in [0.4, 0.5) is 5.69 Å². The number of anilines is 1. The quantitative estimate of drug-likeness (QED) is 0.351. The van der Waals surface area contributed by atoms with Crippen LogP contribution in [-0.2, 0) is 6.54 Å². The van der Waals surface area contributed by atoms with E-state index in [4.69, 9.17) is 9.84 Å². The highest BCUT2D eigenvalue weighted by atomic mass is 16.5. The SMILES string of the molecule is CCn1nc(C)c(-c2ccc3c(c2)OC(C)(C)C2=CCN4CN(c5ccc(C(C)=O)cc5)CN4C23)c1C. The van der Waals surface area contributed by atoms with Gasteiger partial charge in [-0.25, -0.2) is 10.0 Å². The Bertz CT molecular complexity index is 1420. The highest BCUT2D eigenvalue weighted by molar-refractivity contribution is 5.94. The van der Waals surface area contributed by atoms with Gasteiger partial charge in [-0.05, 0) is 83.0 Å². The molecule has 0 aliphatic carbocycles. The number of Topliss-reactive ketones (excluding diaryl/α,β-unsaturated/α-hetero) is 1. The van der Waals surface area contributed by atoms with Gasteiger partial charge in [0.25, 0.3) is 0 Å². The molecule has 0 amide bonds. The van der Waals surface area contributed by atoms with Gasteiger partial charge in [-0.15, -0.1) is 0 Å². The summed E-state index contributed by atoms with van der Waals surface area (Å²) in [5.41, 5.74) is 8.55. The van der Waals surface area contributed by atoms with Gasteiger partial charge in [-0.2, -0.15) is 5.10 Å². The van der Waals surface area contributed by atoms with Crippen LogP contribution in [-0.4, -0.2) is 51.1 Å². The van der Waals surface area contributed by atoms with Crippen molar-refractivity contribution in [2.45, 2.75) is 59.7 Å². The van der Waals surface area contributed by atoms with Crippen LogP contribution in [0.1, 0.15) is 61.0 Å². The molecule has 0 radical (unpaired) electrons. The van der Waals surface area contributed by atoms with Gasteiger partial charge >= 0.3 is 0 Å². The molecular formula is C30H35N5O2. The van der Waals surface area contributed by atoms with Crippen LogP contribution < -0.4 is 9.64 Å². The van der Waals surface area contributed by atoms with E-state index in [1.54, 1.807) is 6.92 Å². The summed E-state index contributed by atoms with van der Waals surface area (Å²) in [6, 6.07) is 14.7. The molecule has 1 unspecified atom stereocenters. The lowest BCUT2D eigenvalue weighted by atomic mass is 9.82. The van der Waals surface area contributed by atoms with Crippen LogP contribution in [0.15, 0.2) is 54.1 Å². The summed E-state index contributed by atoms with van der Waals surface area (Å²) in [4.78, 5) is 14.1. The molecule has 3 aromatic rings. The molecule has 1 saturated heterocycles. The van der Waals surface area contributed by atoms with E-state index in [9.17, 15) is 4.79 Å². The smallest absolute Gasteiger partial charge is 0.159 e. The second-order valence-electron chi connectivity index (χ2n) is 10.8. The molecule has 0 spiro atoms. The molecule has 0 N–H and O–H groups in total. The van der Waals surface area contributed by atoms with E-state index >= 15 is 0 Å². The minimum Gasteiger partial charge on any atom is -0.483 e. The lowest BCUT2D eigenvalue weighted by Gasteiger charge is -2.48. The monoisotopic (exact) mass is 497 g/mol. The molecule has 1 fully saturated rings. The van der Waals surface area contributed by atoms with Crippen molar-refractivity contribution in [3.05, 3.63) is 76.6 Å². The summed E-state index contributed by atoms with van der Waals surface area (Å²) >= 11 is 0. The number of hydrogen-bond donors (Lipinski definition) is 0. The molecule has 7 heteroatoms. The first-order chi connectivity index (χ1) is 17.7. The number of ether oxygens (including phenoxy) is 1. The number of hydrazine groups is 1. The number of benzene rings is 2. The Kier molecular flexibility index (Phi) is 5.55. The van der Waals surface area contributed by atoms with E-state index in [1.807, 2.05) is 12.1 Å². The number of hydrogen-bond acceptors (Lipinski definition) is 6. The van der Waals surface area contributed by atoms with Crippen molar-refractivity contribution < 1.29 is 9.53 Å².